The van der Waals surface area contributed by atoms with Crippen LogP contribution in [-0.4, -0.2) is 37.1 Å². The second-order valence-electron chi connectivity index (χ2n) is 4.78. The maximum atomic E-state index is 12.0. The minimum atomic E-state index is -0.476. The molecule has 2 heterocycles. The Bertz CT molecular complexity index is 741. The van der Waals surface area contributed by atoms with Crippen LogP contribution in [0, 0.1) is 6.92 Å². The normalized spacial score (nSPS) is 13.5. The number of esters is 1. The van der Waals surface area contributed by atoms with Gasteiger partial charge in [0.2, 0.25) is 0 Å². The fourth-order valence-electron chi connectivity index (χ4n) is 2.22. The van der Waals surface area contributed by atoms with Crippen LogP contribution in [0.5, 0.6) is 5.75 Å². The Kier molecular flexibility index (Phi) is 3.81. The van der Waals surface area contributed by atoms with Gasteiger partial charge >= 0.3 is 5.97 Å². The molecule has 1 amide bonds. The Morgan fingerprint density at radius 3 is 3.00 bits per heavy atom. The zero-order valence-electron chi connectivity index (χ0n) is 12.2. The van der Waals surface area contributed by atoms with Gasteiger partial charge in [-0.1, -0.05) is 0 Å². The van der Waals surface area contributed by atoms with E-state index in [4.69, 9.17) is 4.74 Å². The molecule has 0 fully saturated rings. The van der Waals surface area contributed by atoms with Crippen LogP contribution in [0.2, 0.25) is 0 Å². The summed E-state index contributed by atoms with van der Waals surface area (Å²) >= 11 is 1.56. The summed E-state index contributed by atoms with van der Waals surface area (Å²) in [6, 6.07) is 5.49. The number of anilines is 1. The molecule has 0 unspecified atom stereocenters. The van der Waals surface area contributed by atoms with E-state index in [1.54, 1.807) is 17.4 Å². The van der Waals surface area contributed by atoms with E-state index in [0.29, 0.717) is 11.4 Å². The van der Waals surface area contributed by atoms with Crippen molar-refractivity contribution in [2.45, 2.75) is 6.92 Å². The topological polar surface area (TPSA) is 68.7 Å². The molecule has 22 heavy (non-hydrogen) atoms. The highest BCUT2D eigenvalue weighted by molar-refractivity contribution is 7.09. The third-order valence-corrected chi connectivity index (χ3v) is 4.11. The zero-order valence-corrected chi connectivity index (χ0v) is 13.0. The molecule has 6 nitrogen and oxygen atoms in total. The molecule has 1 aromatic carbocycles. The van der Waals surface area contributed by atoms with Crippen molar-refractivity contribution in [3.05, 3.63) is 28.6 Å². The number of aromatic nitrogens is 1. The molecule has 1 aliphatic rings. The van der Waals surface area contributed by atoms with Crippen molar-refractivity contribution >= 4 is 28.9 Å². The molecule has 3 rings (SSSR count). The van der Waals surface area contributed by atoms with Crippen LogP contribution < -0.4 is 9.64 Å². The molecule has 114 valence electrons. The highest BCUT2D eigenvalue weighted by Crippen LogP contribution is 2.36. The quantitative estimate of drug-likeness (QED) is 0.810. The molecule has 0 N–H and O–H groups in total. The second-order valence-corrected chi connectivity index (χ2v) is 5.84. The Hall–Kier alpha value is -2.41. The molecule has 0 bridgehead atoms. The van der Waals surface area contributed by atoms with Gasteiger partial charge in [0.1, 0.15) is 12.3 Å². The molecule has 1 aliphatic heterocycles. The average molecular weight is 318 g/mol. The molecule has 0 radical (unpaired) electrons. The van der Waals surface area contributed by atoms with Gasteiger partial charge in [0.05, 0.1) is 23.5 Å². The van der Waals surface area contributed by atoms with Crippen molar-refractivity contribution in [2.24, 2.45) is 0 Å². The molecule has 0 atom stereocenters. The van der Waals surface area contributed by atoms with E-state index in [1.807, 2.05) is 24.4 Å². The number of ether oxygens (including phenoxy) is 2. The Morgan fingerprint density at radius 2 is 2.32 bits per heavy atom. The highest BCUT2D eigenvalue weighted by Gasteiger charge is 2.28. The molecule has 7 heteroatoms. The first-order chi connectivity index (χ1) is 10.6. The smallest absolute Gasteiger partial charge is 0.325 e. The number of hydrogen-bond donors (Lipinski definition) is 0. The number of nitrogens with zero attached hydrogens (tertiary/aromatic N) is 2. The van der Waals surface area contributed by atoms with E-state index in [2.05, 4.69) is 9.72 Å². The van der Waals surface area contributed by atoms with E-state index < -0.39 is 5.97 Å². The average Bonchev–Trinajstić information content (AvgIpc) is 2.96. The summed E-state index contributed by atoms with van der Waals surface area (Å²) in [7, 11) is 1.29. The van der Waals surface area contributed by atoms with Crippen LogP contribution >= 0.6 is 11.3 Å². The van der Waals surface area contributed by atoms with Crippen molar-refractivity contribution < 1.29 is 19.1 Å². The predicted molar refractivity (Wildman–Crippen MR) is 82.2 cm³/mol. The van der Waals surface area contributed by atoms with Gasteiger partial charge in [0.25, 0.3) is 5.91 Å². The Labute approximate surface area is 131 Å². The summed E-state index contributed by atoms with van der Waals surface area (Å²) in [5, 5.41) is 2.92. The summed E-state index contributed by atoms with van der Waals surface area (Å²) in [6.07, 6.45) is 0. The van der Waals surface area contributed by atoms with Crippen LogP contribution in [0.4, 0.5) is 5.69 Å². The van der Waals surface area contributed by atoms with E-state index in [1.165, 1.54) is 12.0 Å². The maximum Gasteiger partial charge on any atom is 0.325 e. The lowest BCUT2D eigenvalue weighted by Gasteiger charge is -2.28. The van der Waals surface area contributed by atoms with Crippen molar-refractivity contribution in [3.8, 4) is 17.0 Å². The number of carbonyl (C=O) groups is 2. The third kappa shape index (κ3) is 2.67. The number of aryl methyl sites for hydroxylation is 1. The minimum Gasteiger partial charge on any atom is -0.482 e. The minimum absolute atomic E-state index is 0.0842. The van der Waals surface area contributed by atoms with Gasteiger partial charge in [-0.2, -0.15) is 0 Å². The van der Waals surface area contributed by atoms with Crippen molar-refractivity contribution in [3.63, 3.8) is 0 Å². The lowest BCUT2D eigenvalue weighted by molar-refractivity contribution is -0.140. The fraction of sp³-hybridized carbons (Fsp3) is 0.267. The van der Waals surface area contributed by atoms with E-state index in [0.717, 1.165) is 16.3 Å². The summed E-state index contributed by atoms with van der Waals surface area (Å²) < 4.78 is 10.1. The number of hydrogen-bond acceptors (Lipinski definition) is 6. The molecule has 0 spiro atoms. The number of thiazole rings is 1. The van der Waals surface area contributed by atoms with E-state index in [9.17, 15) is 9.59 Å². The van der Waals surface area contributed by atoms with Crippen molar-refractivity contribution in [2.75, 3.05) is 25.2 Å². The lowest BCUT2D eigenvalue weighted by Crippen LogP contribution is -2.42. The molecule has 0 saturated heterocycles. The second kappa shape index (κ2) is 5.76. The number of carbonyl (C=O) groups excluding carboxylic acids is 2. The standard InChI is InChI=1S/C15H14N2O4S/c1-9-16-11(8-22-9)10-3-4-13-12(5-10)17(6-15(19)20-2)14(18)7-21-13/h3-5,8H,6-7H2,1-2H3. The first kappa shape index (κ1) is 14.5. The van der Waals surface area contributed by atoms with Crippen LogP contribution in [0.3, 0.4) is 0 Å². The SMILES string of the molecule is COC(=O)CN1C(=O)COc2ccc(-c3csc(C)n3)cc21. The van der Waals surface area contributed by atoms with Crippen LogP contribution in [0.15, 0.2) is 23.6 Å². The largest absolute Gasteiger partial charge is 0.482 e. The number of benzene rings is 1. The first-order valence-electron chi connectivity index (χ1n) is 6.65. The van der Waals surface area contributed by atoms with Crippen molar-refractivity contribution in [1.29, 1.82) is 0 Å². The Morgan fingerprint density at radius 1 is 1.50 bits per heavy atom. The van der Waals surface area contributed by atoms with Crippen LogP contribution in [0.1, 0.15) is 5.01 Å². The van der Waals surface area contributed by atoms with Crippen molar-refractivity contribution in [1.82, 2.24) is 4.98 Å². The van der Waals surface area contributed by atoms with E-state index in [-0.39, 0.29) is 19.1 Å². The molecule has 0 saturated carbocycles. The van der Waals surface area contributed by atoms with Gasteiger partial charge in [-0.15, -0.1) is 11.3 Å². The number of fused-ring (bicyclic) bond motifs is 1. The van der Waals surface area contributed by atoms with Gasteiger partial charge in [0.15, 0.2) is 6.61 Å². The van der Waals surface area contributed by atoms with Gasteiger partial charge in [-0.25, -0.2) is 4.98 Å². The molecular formula is C15H14N2O4S. The Balaban J connectivity index is 2.00. The summed E-state index contributed by atoms with van der Waals surface area (Å²) in [5.74, 6) is -0.181. The number of rotatable bonds is 3. The van der Waals surface area contributed by atoms with Gasteiger partial charge in [0, 0.05) is 10.9 Å². The van der Waals surface area contributed by atoms with E-state index >= 15 is 0 Å². The van der Waals surface area contributed by atoms with Gasteiger partial charge in [-0.05, 0) is 25.1 Å². The third-order valence-electron chi connectivity index (χ3n) is 3.33. The molecule has 1 aromatic heterocycles. The lowest BCUT2D eigenvalue weighted by atomic mass is 10.1. The van der Waals surface area contributed by atoms with Crippen LogP contribution in [-0.2, 0) is 14.3 Å². The maximum absolute atomic E-state index is 12.0. The highest BCUT2D eigenvalue weighted by atomic mass is 32.1. The predicted octanol–water partition coefficient (Wildman–Crippen LogP) is 2.02. The fourth-order valence-corrected chi connectivity index (χ4v) is 2.85. The molecule has 0 aliphatic carbocycles. The van der Waals surface area contributed by atoms with Gasteiger partial charge < -0.3 is 9.47 Å². The summed E-state index contributed by atoms with van der Waals surface area (Å²) in [6.45, 7) is 1.72. The zero-order chi connectivity index (χ0) is 15.7. The van der Waals surface area contributed by atoms with Crippen LogP contribution in [0.25, 0.3) is 11.3 Å². The van der Waals surface area contributed by atoms with Gasteiger partial charge in [-0.3, -0.25) is 14.5 Å². The number of amides is 1. The number of methoxy groups -OCH3 is 1. The monoisotopic (exact) mass is 318 g/mol. The summed E-state index contributed by atoms with van der Waals surface area (Å²) in [4.78, 5) is 29.4. The first-order valence-corrected chi connectivity index (χ1v) is 7.53. The molecular weight excluding hydrogens is 304 g/mol. The summed E-state index contributed by atoms with van der Waals surface area (Å²) in [5.41, 5.74) is 2.27. The molecule has 2 aromatic rings.